The molecule has 0 aliphatic heterocycles. The Bertz CT molecular complexity index is 449. The third-order valence-corrected chi connectivity index (χ3v) is 4.55. The monoisotopic (exact) mass is 291 g/mol. The number of alkyl halides is 2. The molecule has 0 saturated heterocycles. The molecule has 1 aliphatic carbocycles. The van der Waals surface area contributed by atoms with Crippen LogP contribution >= 0.6 is 11.6 Å². The van der Waals surface area contributed by atoms with Crippen LogP contribution in [-0.2, 0) is 13.5 Å². The third-order valence-electron chi connectivity index (χ3n) is 4.08. The van der Waals surface area contributed by atoms with E-state index in [0.29, 0.717) is 24.4 Å². The zero-order chi connectivity index (χ0) is 14.2. The summed E-state index contributed by atoms with van der Waals surface area (Å²) in [7, 11) is 1.78. The average molecular weight is 292 g/mol. The van der Waals surface area contributed by atoms with Gasteiger partial charge in [0.15, 0.2) is 0 Å². The van der Waals surface area contributed by atoms with Crippen LogP contribution in [0.4, 0.5) is 8.78 Å². The van der Waals surface area contributed by atoms with Crippen molar-refractivity contribution in [2.24, 2.45) is 18.7 Å². The number of hydrogen-bond acceptors (Lipinski definition) is 2. The van der Waals surface area contributed by atoms with Gasteiger partial charge in [-0.15, -0.1) is 0 Å². The normalized spacial score (nSPS) is 21.6. The summed E-state index contributed by atoms with van der Waals surface area (Å²) in [6, 6.07) is -0.128. The summed E-state index contributed by atoms with van der Waals surface area (Å²) in [6.45, 7) is 1.89. The first kappa shape index (κ1) is 14.7. The molecular weight excluding hydrogens is 272 g/mol. The first-order chi connectivity index (χ1) is 8.80. The van der Waals surface area contributed by atoms with Crippen LogP contribution < -0.4 is 5.73 Å². The van der Waals surface area contributed by atoms with Crippen LogP contribution in [0.2, 0.25) is 5.15 Å². The molecule has 0 bridgehead atoms. The molecule has 1 aliphatic rings. The quantitative estimate of drug-likeness (QED) is 0.930. The van der Waals surface area contributed by atoms with Crippen molar-refractivity contribution in [2.45, 2.75) is 51.0 Å². The van der Waals surface area contributed by atoms with Crippen LogP contribution in [0, 0.1) is 12.8 Å². The molecule has 1 unspecified atom stereocenters. The van der Waals surface area contributed by atoms with Crippen molar-refractivity contribution in [3.05, 3.63) is 16.4 Å². The number of hydrogen-bond donors (Lipinski definition) is 1. The summed E-state index contributed by atoms with van der Waals surface area (Å²) in [5, 5.41) is 4.83. The fourth-order valence-electron chi connectivity index (χ4n) is 2.80. The van der Waals surface area contributed by atoms with Gasteiger partial charge >= 0.3 is 0 Å². The van der Waals surface area contributed by atoms with Gasteiger partial charge in [0.2, 0.25) is 5.92 Å². The Morgan fingerprint density at radius 3 is 2.53 bits per heavy atom. The Morgan fingerprint density at radius 2 is 2.05 bits per heavy atom. The van der Waals surface area contributed by atoms with Crippen LogP contribution in [0.3, 0.4) is 0 Å². The van der Waals surface area contributed by atoms with Gasteiger partial charge in [-0.1, -0.05) is 11.6 Å². The molecule has 108 valence electrons. The Balaban J connectivity index is 2.00. The highest BCUT2D eigenvalue weighted by atomic mass is 35.5. The number of nitrogens with zero attached hydrogens (tertiary/aromatic N) is 2. The van der Waals surface area contributed by atoms with Crippen molar-refractivity contribution in [3.63, 3.8) is 0 Å². The molecule has 0 spiro atoms. The molecule has 3 nitrogen and oxygen atoms in total. The summed E-state index contributed by atoms with van der Waals surface area (Å²) in [6.07, 6.45) is 1.49. The summed E-state index contributed by atoms with van der Waals surface area (Å²) >= 11 is 6.17. The van der Waals surface area contributed by atoms with Crippen molar-refractivity contribution >= 4 is 11.6 Å². The molecule has 2 N–H and O–H groups in total. The molecule has 1 saturated carbocycles. The van der Waals surface area contributed by atoms with Crippen LogP contribution in [0.5, 0.6) is 0 Å². The molecule has 1 fully saturated rings. The number of halogens is 3. The maximum absolute atomic E-state index is 13.1. The van der Waals surface area contributed by atoms with E-state index in [-0.39, 0.29) is 24.8 Å². The van der Waals surface area contributed by atoms with E-state index < -0.39 is 5.92 Å². The Hall–Kier alpha value is -0.680. The molecule has 0 radical (unpaired) electrons. The minimum atomic E-state index is -2.50. The Morgan fingerprint density at radius 1 is 1.47 bits per heavy atom. The summed E-state index contributed by atoms with van der Waals surface area (Å²) < 4.78 is 27.9. The van der Waals surface area contributed by atoms with Crippen LogP contribution in [0.1, 0.15) is 36.9 Å². The van der Waals surface area contributed by atoms with Crippen LogP contribution in [0.15, 0.2) is 0 Å². The minimum Gasteiger partial charge on any atom is -0.327 e. The summed E-state index contributed by atoms with van der Waals surface area (Å²) in [5.41, 5.74) is 7.98. The maximum atomic E-state index is 13.1. The fraction of sp³-hybridized carbons (Fsp3) is 0.769. The number of rotatable bonds is 3. The second kappa shape index (κ2) is 5.37. The fourth-order valence-corrected chi connectivity index (χ4v) is 3.05. The Labute approximate surface area is 117 Å². The standard InChI is InChI=1S/C13H20ClF2N3/c1-8-10(12(14)19(2)18-8)7-11(17)9-3-5-13(15,16)6-4-9/h9,11H,3-7,17H2,1-2H3. The second-order valence-electron chi connectivity index (χ2n) is 5.54. The van der Waals surface area contributed by atoms with Crippen LogP contribution in [-0.4, -0.2) is 21.7 Å². The van der Waals surface area contributed by atoms with Crippen molar-refractivity contribution in [1.29, 1.82) is 0 Å². The van der Waals surface area contributed by atoms with E-state index in [1.54, 1.807) is 11.7 Å². The zero-order valence-electron chi connectivity index (χ0n) is 11.3. The molecule has 1 heterocycles. The van der Waals surface area contributed by atoms with Gasteiger partial charge < -0.3 is 5.73 Å². The van der Waals surface area contributed by atoms with Gasteiger partial charge in [-0.3, -0.25) is 4.68 Å². The van der Waals surface area contributed by atoms with Crippen LogP contribution in [0.25, 0.3) is 0 Å². The number of aryl methyl sites for hydroxylation is 2. The van der Waals surface area contributed by atoms with Gasteiger partial charge in [0.1, 0.15) is 5.15 Å². The van der Waals surface area contributed by atoms with E-state index in [0.717, 1.165) is 11.3 Å². The molecule has 6 heteroatoms. The van der Waals surface area contributed by atoms with Crippen molar-refractivity contribution < 1.29 is 8.78 Å². The smallest absolute Gasteiger partial charge is 0.248 e. The second-order valence-corrected chi connectivity index (χ2v) is 5.90. The van der Waals surface area contributed by atoms with E-state index in [1.165, 1.54) is 0 Å². The van der Waals surface area contributed by atoms with Crippen molar-refractivity contribution in [2.75, 3.05) is 0 Å². The summed E-state index contributed by atoms with van der Waals surface area (Å²) in [5.74, 6) is -2.35. The van der Waals surface area contributed by atoms with Gasteiger partial charge in [0.25, 0.3) is 0 Å². The molecular formula is C13H20ClF2N3. The SMILES string of the molecule is Cc1nn(C)c(Cl)c1CC(N)C1CCC(F)(F)CC1. The van der Waals surface area contributed by atoms with Crippen molar-refractivity contribution in [3.8, 4) is 0 Å². The predicted molar refractivity (Wildman–Crippen MR) is 71.5 cm³/mol. The lowest BCUT2D eigenvalue weighted by atomic mass is 9.80. The molecule has 1 atom stereocenters. The number of aromatic nitrogens is 2. The third kappa shape index (κ3) is 3.26. The largest absolute Gasteiger partial charge is 0.327 e. The molecule has 1 aromatic heterocycles. The van der Waals surface area contributed by atoms with E-state index in [9.17, 15) is 8.78 Å². The van der Waals surface area contributed by atoms with Gasteiger partial charge in [0.05, 0.1) is 5.69 Å². The van der Waals surface area contributed by atoms with E-state index in [4.69, 9.17) is 17.3 Å². The van der Waals surface area contributed by atoms with Gasteiger partial charge in [0, 0.05) is 31.5 Å². The Kier molecular flexibility index (Phi) is 4.16. The highest BCUT2D eigenvalue weighted by molar-refractivity contribution is 6.30. The average Bonchev–Trinajstić information content (AvgIpc) is 2.56. The maximum Gasteiger partial charge on any atom is 0.248 e. The predicted octanol–water partition coefficient (Wildman–Crippen LogP) is 3.08. The van der Waals surface area contributed by atoms with E-state index in [1.807, 2.05) is 6.92 Å². The van der Waals surface area contributed by atoms with Gasteiger partial charge in [-0.2, -0.15) is 5.10 Å². The van der Waals surface area contributed by atoms with Crippen molar-refractivity contribution in [1.82, 2.24) is 9.78 Å². The first-order valence-corrected chi connectivity index (χ1v) is 6.99. The number of nitrogens with two attached hydrogens (primary N) is 1. The molecule has 0 amide bonds. The highest BCUT2D eigenvalue weighted by Crippen LogP contribution is 2.38. The summed E-state index contributed by atoms with van der Waals surface area (Å²) in [4.78, 5) is 0. The highest BCUT2D eigenvalue weighted by Gasteiger charge is 2.37. The van der Waals surface area contributed by atoms with Gasteiger partial charge in [-0.05, 0) is 32.1 Å². The minimum absolute atomic E-state index is 0.0505. The molecule has 1 aromatic rings. The lowest BCUT2D eigenvalue weighted by Crippen LogP contribution is -2.37. The lowest BCUT2D eigenvalue weighted by Gasteiger charge is -2.32. The van der Waals surface area contributed by atoms with E-state index in [2.05, 4.69) is 5.10 Å². The van der Waals surface area contributed by atoms with Gasteiger partial charge in [-0.25, -0.2) is 8.78 Å². The zero-order valence-corrected chi connectivity index (χ0v) is 12.1. The lowest BCUT2D eigenvalue weighted by molar-refractivity contribution is -0.0481. The molecule has 19 heavy (non-hydrogen) atoms. The molecule has 0 aromatic carbocycles. The topological polar surface area (TPSA) is 43.8 Å². The van der Waals surface area contributed by atoms with E-state index >= 15 is 0 Å². The molecule has 2 rings (SSSR count). The first-order valence-electron chi connectivity index (χ1n) is 6.61.